The molecule has 4 rings (SSSR count). The molecule has 0 atom stereocenters. The van der Waals surface area contributed by atoms with Crippen molar-refractivity contribution in [2.24, 2.45) is 0 Å². The molecule has 0 saturated carbocycles. The summed E-state index contributed by atoms with van der Waals surface area (Å²) in [5.74, 6) is 1.92. The Morgan fingerprint density at radius 1 is 0.900 bits per heavy atom. The van der Waals surface area contributed by atoms with Gasteiger partial charge >= 0.3 is 0 Å². The number of carbonyl (C=O) groups excluding carboxylic acids is 1. The standard InChI is InChI=1S/C22H31N7O/c1-25(2)20-8-9-23-22(24-20)29-12-10-26(11-13-29)18-21(30)28-16-14-27(15-17-28)19-6-4-3-5-7-19/h3-9H,10-18H2,1-2H3. The number of aromatic nitrogens is 2. The predicted octanol–water partition coefficient (Wildman–Crippen LogP) is 1.01. The van der Waals surface area contributed by atoms with Crippen LogP contribution >= 0.6 is 0 Å². The van der Waals surface area contributed by atoms with Crippen molar-refractivity contribution in [3.05, 3.63) is 42.6 Å². The molecule has 8 nitrogen and oxygen atoms in total. The van der Waals surface area contributed by atoms with E-state index in [0.29, 0.717) is 6.54 Å². The van der Waals surface area contributed by atoms with Gasteiger partial charge in [0.05, 0.1) is 6.54 Å². The molecule has 30 heavy (non-hydrogen) atoms. The van der Waals surface area contributed by atoms with Gasteiger partial charge in [0.25, 0.3) is 0 Å². The summed E-state index contributed by atoms with van der Waals surface area (Å²) in [4.78, 5) is 32.7. The number of amides is 1. The molecule has 2 saturated heterocycles. The lowest BCUT2D eigenvalue weighted by Gasteiger charge is -2.38. The van der Waals surface area contributed by atoms with Crippen LogP contribution in [0.4, 0.5) is 17.5 Å². The van der Waals surface area contributed by atoms with Crippen LogP contribution in [0.1, 0.15) is 0 Å². The Morgan fingerprint density at radius 3 is 2.23 bits per heavy atom. The fourth-order valence-electron chi connectivity index (χ4n) is 3.99. The van der Waals surface area contributed by atoms with Crippen LogP contribution in [0.2, 0.25) is 0 Å². The van der Waals surface area contributed by atoms with Gasteiger partial charge in [-0.05, 0) is 18.2 Å². The maximum absolute atomic E-state index is 12.8. The van der Waals surface area contributed by atoms with Crippen molar-refractivity contribution in [2.75, 3.05) is 87.7 Å². The van der Waals surface area contributed by atoms with Crippen LogP contribution in [0.3, 0.4) is 0 Å². The van der Waals surface area contributed by atoms with Gasteiger partial charge in [0.2, 0.25) is 11.9 Å². The molecular formula is C22H31N7O. The first-order chi connectivity index (χ1) is 14.6. The smallest absolute Gasteiger partial charge is 0.236 e. The zero-order chi connectivity index (χ0) is 20.9. The van der Waals surface area contributed by atoms with Crippen LogP contribution in [0.15, 0.2) is 42.6 Å². The molecule has 1 aromatic carbocycles. The molecule has 2 aliphatic rings. The fourth-order valence-corrected chi connectivity index (χ4v) is 3.99. The van der Waals surface area contributed by atoms with E-state index in [4.69, 9.17) is 0 Å². The summed E-state index contributed by atoms with van der Waals surface area (Å²) in [7, 11) is 3.96. The SMILES string of the molecule is CN(C)c1ccnc(N2CCN(CC(=O)N3CCN(c4ccccc4)CC3)CC2)n1. The fraction of sp³-hybridized carbons (Fsp3) is 0.500. The van der Waals surface area contributed by atoms with Gasteiger partial charge in [-0.15, -0.1) is 0 Å². The molecule has 2 fully saturated rings. The highest BCUT2D eigenvalue weighted by Crippen LogP contribution is 2.17. The van der Waals surface area contributed by atoms with Crippen LogP contribution in [0, 0.1) is 0 Å². The number of rotatable bonds is 5. The molecule has 2 aliphatic heterocycles. The number of para-hydroxylation sites is 1. The molecule has 1 amide bonds. The second-order valence-corrected chi connectivity index (χ2v) is 8.08. The van der Waals surface area contributed by atoms with E-state index in [9.17, 15) is 4.79 Å². The molecule has 1 aromatic heterocycles. The number of piperazine rings is 2. The highest BCUT2D eigenvalue weighted by Gasteiger charge is 2.25. The number of hydrogen-bond donors (Lipinski definition) is 0. The van der Waals surface area contributed by atoms with Gasteiger partial charge in [0.15, 0.2) is 0 Å². The van der Waals surface area contributed by atoms with Crippen molar-refractivity contribution < 1.29 is 4.79 Å². The maximum Gasteiger partial charge on any atom is 0.236 e. The van der Waals surface area contributed by atoms with E-state index in [1.807, 2.05) is 42.2 Å². The third-order valence-electron chi connectivity index (χ3n) is 5.85. The number of carbonyl (C=O) groups is 1. The minimum absolute atomic E-state index is 0.238. The Labute approximate surface area is 178 Å². The summed E-state index contributed by atoms with van der Waals surface area (Å²) >= 11 is 0. The normalized spacial score (nSPS) is 17.9. The second-order valence-electron chi connectivity index (χ2n) is 8.08. The maximum atomic E-state index is 12.8. The monoisotopic (exact) mass is 409 g/mol. The average Bonchev–Trinajstić information content (AvgIpc) is 2.80. The van der Waals surface area contributed by atoms with Gasteiger partial charge in [0.1, 0.15) is 5.82 Å². The molecule has 0 unspecified atom stereocenters. The minimum Gasteiger partial charge on any atom is -0.368 e. The Hall–Kier alpha value is -2.87. The molecule has 8 heteroatoms. The predicted molar refractivity (Wildman–Crippen MR) is 120 cm³/mol. The lowest BCUT2D eigenvalue weighted by Crippen LogP contribution is -2.54. The van der Waals surface area contributed by atoms with Crippen molar-refractivity contribution in [3.8, 4) is 0 Å². The Kier molecular flexibility index (Phi) is 6.32. The minimum atomic E-state index is 0.238. The van der Waals surface area contributed by atoms with Crippen LogP contribution in [0.5, 0.6) is 0 Å². The second kappa shape index (κ2) is 9.30. The molecule has 0 N–H and O–H groups in total. The van der Waals surface area contributed by atoms with Crippen molar-refractivity contribution >= 4 is 23.4 Å². The van der Waals surface area contributed by atoms with E-state index in [-0.39, 0.29) is 5.91 Å². The largest absolute Gasteiger partial charge is 0.368 e. The summed E-state index contributed by atoms with van der Waals surface area (Å²) in [5.41, 5.74) is 1.24. The van der Waals surface area contributed by atoms with Crippen LogP contribution < -0.4 is 14.7 Å². The summed E-state index contributed by atoms with van der Waals surface area (Å²) in [6.07, 6.45) is 1.81. The summed E-state index contributed by atoms with van der Waals surface area (Å²) in [6, 6.07) is 12.3. The van der Waals surface area contributed by atoms with Crippen molar-refractivity contribution in [3.63, 3.8) is 0 Å². The zero-order valence-electron chi connectivity index (χ0n) is 17.9. The Bertz CT molecular complexity index is 828. The summed E-state index contributed by atoms with van der Waals surface area (Å²) in [6.45, 7) is 7.25. The Morgan fingerprint density at radius 2 is 1.57 bits per heavy atom. The third-order valence-corrected chi connectivity index (χ3v) is 5.85. The van der Waals surface area contributed by atoms with Crippen molar-refractivity contribution in [1.29, 1.82) is 0 Å². The third kappa shape index (κ3) is 4.81. The van der Waals surface area contributed by atoms with Gasteiger partial charge in [-0.1, -0.05) is 18.2 Å². The molecule has 0 bridgehead atoms. The summed E-state index contributed by atoms with van der Waals surface area (Å²) < 4.78 is 0. The molecule has 0 spiro atoms. The lowest BCUT2D eigenvalue weighted by molar-refractivity contribution is -0.132. The first kappa shape index (κ1) is 20.4. The first-order valence-electron chi connectivity index (χ1n) is 10.7. The summed E-state index contributed by atoms with van der Waals surface area (Å²) in [5, 5.41) is 0. The van der Waals surface area contributed by atoms with Crippen LogP contribution in [-0.2, 0) is 4.79 Å². The lowest BCUT2D eigenvalue weighted by atomic mass is 10.2. The number of benzene rings is 1. The van der Waals surface area contributed by atoms with Crippen molar-refractivity contribution in [1.82, 2.24) is 19.8 Å². The van der Waals surface area contributed by atoms with E-state index < -0.39 is 0 Å². The molecule has 160 valence electrons. The number of anilines is 3. The van der Waals surface area contributed by atoms with Crippen molar-refractivity contribution in [2.45, 2.75) is 0 Å². The molecule has 0 aliphatic carbocycles. The van der Waals surface area contributed by atoms with E-state index in [1.165, 1.54) is 5.69 Å². The van der Waals surface area contributed by atoms with Gasteiger partial charge in [-0.2, -0.15) is 4.98 Å². The number of hydrogen-bond acceptors (Lipinski definition) is 7. The topological polar surface area (TPSA) is 59.1 Å². The van der Waals surface area contributed by atoms with Gasteiger partial charge in [0, 0.05) is 78.3 Å². The average molecular weight is 410 g/mol. The van der Waals surface area contributed by atoms with Gasteiger partial charge in [-0.25, -0.2) is 4.98 Å². The molecule has 3 heterocycles. The van der Waals surface area contributed by atoms with E-state index >= 15 is 0 Å². The van der Waals surface area contributed by atoms with E-state index in [1.54, 1.807) is 0 Å². The molecule has 0 radical (unpaired) electrons. The highest BCUT2D eigenvalue weighted by atomic mass is 16.2. The van der Waals surface area contributed by atoms with E-state index in [2.05, 4.69) is 48.9 Å². The first-order valence-corrected chi connectivity index (χ1v) is 10.7. The Balaban J connectivity index is 1.23. The molecule has 2 aromatic rings. The van der Waals surface area contributed by atoms with Gasteiger partial charge in [-0.3, -0.25) is 9.69 Å². The molecular weight excluding hydrogens is 378 g/mol. The van der Waals surface area contributed by atoms with Crippen LogP contribution in [0.25, 0.3) is 0 Å². The van der Waals surface area contributed by atoms with Crippen LogP contribution in [-0.4, -0.2) is 98.7 Å². The zero-order valence-corrected chi connectivity index (χ0v) is 17.9. The number of nitrogens with zero attached hydrogens (tertiary/aromatic N) is 7. The highest BCUT2D eigenvalue weighted by molar-refractivity contribution is 5.78. The quantitative estimate of drug-likeness (QED) is 0.731. The van der Waals surface area contributed by atoms with Gasteiger partial charge < -0.3 is 19.6 Å². The van der Waals surface area contributed by atoms with E-state index in [0.717, 1.165) is 64.1 Å².